The number of benzene rings is 1. The Hall–Kier alpha value is -1.98. The third-order valence-electron chi connectivity index (χ3n) is 3.22. The van der Waals surface area contributed by atoms with Crippen LogP contribution >= 0.6 is 23.6 Å². The molecule has 5 heteroatoms. The largest absolute Gasteiger partial charge is 0.493 e. The van der Waals surface area contributed by atoms with Gasteiger partial charge in [0.05, 0.1) is 4.88 Å². The van der Waals surface area contributed by atoms with Crippen molar-refractivity contribution in [2.24, 2.45) is 7.05 Å². The van der Waals surface area contributed by atoms with Crippen LogP contribution in [0.1, 0.15) is 16.0 Å². The van der Waals surface area contributed by atoms with Gasteiger partial charge in [0, 0.05) is 12.6 Å². The van der Waals surface area contributed by atoms with E-state index in [4.69, 9.17) is 12.2 Å². The minimum atomic E-state index is -0.0647. The molecule has 0 unspecified atom stereocenters. The molecule has 0 saturated heterocycles. The fraction of sp³-hybridized carbons (Fsp3) is 0.0667. The number of fused-ring (bicyclic) bond motifs is 1. The summed E-state index contributed by atoms with van der Waals surface area (Å²) in [4.78, 5) is 12.7. The number of carbonyl (C=O) groups is 1. The summed E-state index contributed by atoms with van der Waals surface area (Å²) >= 11 is 6.42. The van der Waals surface area contributed by atoms with Crippen LogP contribution in [0.3, 0.4) is 0 Å². The summed E-state index contributed by atoms with van der Waals surface area (Å²) < 4.78 is 2.10. The molecule has 0 saturated carbocycles. The maximum absolute atomic E-state index is 12.1. The molecule has 0 spiro atoms. The minimum Gasteiger partial charge on any atom is -0.493 e. The fourth-order valence-electron chi connectivity index (χ4n) is 2.11. The highest BCUT2D eigenvalue weighted by atomic mass is 32.1. The molecule has 1 aliphatic carbocycles. The molecule has 1 aromatic heterocycles. The summed E-state index contributed by atoms with van der Waals surface area (Å²) in [6.45, 7) is 0. The lowest BCUT2D eigenvalue weighted by Crippen LogP contribution is -2.04. The van der Waals surface area contributed by atoms with E-state index >= 15 is 0 Å². The van der Waals surface area contributed by atoms with E-state index in [9.17, 15) is 9.90 Å². The van der Waals surface area contributed by atoms with Crippen molar-refractivity contribution in [2.75, 3.05) is 0 Å². The van der Waals surface area contributed by atoms with Crippen LogP contribution in [-0.2, 0) is 11.8 Å². The van der Waals surface area contributed by atoms with Crippen LogP contribution in [0, 0.1) is 3.95 Å². The number of nitrogens with zero attached hydrogens (tertiary/aromatic N) is 1. The highest BCUT2D eigenvalue weighted by Gasteiger charge is 2.18. The molecule has 2 aromatic rings. The number of aromatic nitrogens is 1. The number of aromatic hydroxyl groups is 1. The second-order valence-electron chi connectivity index (χ2n) is 4.46. The highest BCUT2D eigenvalue weighted by Crippen LogP contribution is 2.33. The molecule has 0 radical (unpaired) electrons. The van der Waals surface area contributed by atoms with Gasteiger partial charge in [-0.3, -0.25) is 9.36 Å². The topological polar surface area (TPSA) is 42.2 Å². The van der Waals surface area contributed by atoms with E-state index < -0.39 is 0 Å². The Kier molecular flexibility index (Phi) is 3.16. The predicted molar refractivity (Wildman–Crippen MR) is 84.1 cm³/mol. The van der Waals surface area contributed by atoms with Gasteiger partial charge in [-0.1, -0.05) is 30.3 Å². The van der Waals surface area contributed by atoms with E-state index in [0.717, 1.165) is 11.1 Å². The summed E-state index contributed by atoms with van der Waals surface area (Å²) in [5, 5.41) is 10.0. The van der Waals surface area contributed by atoms with E-state index in [1.165, 1.54) is 15.9 Å². The van der Waals surface area contributed by atoms with Gasteiger partial charge in [0.2, 0.25) is 5.88 Å². The first-order valence-corrected chi connectivity index (χ1v) is 7.22. The molecule has 0 atom stereocenters. The third kappa shape index (κ3) is 2.05. The molecule has 3 rings (SSSR count). The first-order chi connectivity index (χ1) is 9.58. The van der Waals surface area contributed by atoms with E-state index in [2.05, 4.69) is 0 Å². The lowest BCUT2D eigenvalue weighted by Gasteiger charge is -2.12. The molecular formula is C15H11NO2S2. The van der Waals surface area contributed by atoms with Crippen molar-refractivity contribution in [2.45, 2.75) is 0 Å². The monoisotopic (exact) mass is 301 g/mol. The molecule has 1 aromatic carbocycles. The quantitative estimate of drug-likeness (QED) is 0.645. The van der Waals surface area contributed by atoms with Gasteiger partial charge in [-0.15, -0.1) is 11.3 Å². The van der Waals surface area contributed by atoms with Crippen LogP contribution < -0.4 is 0 Å². The van der Waals surface area contributed by atoms with Crippen molar-refractivity contribution < 1.29 is 9.90 Å². The zero-order valence-electron chi connectivity index (χ0n) is 10.7. The van der Waals surface area contributed by atoms with E-state index in [1.807, 2.05) is 30.3 Å². The molecule has 0 aliphatic heterocycles. The normalized spacial score (nSPS) is 15.7. The number of rotatable bonds is 1. The molecule has 100 valence electrons. The van der Waals surface area contributed by atoms with Crippen LogP contribution in [0.4, 0.5) is 0 Å². The van der Waals surface area contributed by atoms with Crippen LogP contribution in [0.15, 0.2) is 30.3 Å². The number of ketones is 1. The highest BCUT2D eigenvalue weighted by molar-refractivity contribution is 7.73. The number of hydrogen-bond acceptors (Lipinski definition) is 4. The lowest BCUT2D eigenvalue weighted by molar-refractivity contribution is -0.109. The maximum atomic E-state index is 12.1. The summed E-state index contributed by atoms with van der Waals surface area (Å²) in [6, 6.07) is 7.69. The molecule has 1 N–H and O–H groups in total. The van der Waals surface area contributed by atoms with Crippen molar-refractivity contribution >= 4 is 47.1 Å². The van der Waals surface area contributed by atoms with Gasteiger partial charge in [-0.05, 0) is 35.5 Å². The maximum Gasteiger partial charge on any atom is 0.210 e. The van der Waals surface area contributed by atoms with Crippen LogP contribution in [0.2, 0.25) is 0 Å². The smallest absolute Gasteiger partial charge is 0.210 e. The van der Waals surface area contributed by atoms with Gasteiger partial charge in [-0.25, -0.2) is 0 Å². The van der Waals surface area contributed by atoms with Crippen LogP contribution in [-0.4, -0.2) is 15.5 Å². The van der Waals surface area contributed by atoms with E-state index in [0.29, 0.717) is 14.4 Å². The molecule has 0 amide bonds. The van der Waals surface area contributed by atoms with Gasteiger partial charge in [0.1, 0.15) is 0 Å². The number of carbonyl (C=O) groups excluding carboxylic acids is 1. The Morgan fingerprint density at radius 3 is 2.75 bits per heavy atom. The average molecular weight is 301 g/mol. The zero-order chi connectivity index (χ0) is 14.3. The van der Waals surface area contributed by atoms with E-state index in [-0.39, 0.29) is 11.7 Å². The Balaban J connectivity index is 2.20. The van der Waals surface area contributed by atoms with Gasteiger partial charge >= 0.3 is 0 Å². The van der Waals surface area contributed by atoms with Gasteiger partial charge in [-0.2, -0.15) is 0 Å². The summed E-state index contributed by atoms with van der Waals surface area (Å²) in [7, 11) is 1.70. The Morgan fingerprint density at radius 2 is 2.05 bits per heavy atom. The lowest BCUT2D eigenvalue weighted by atomic mass is 9.91. The van der Waals surface area contributed by atoms with Crippen molar-refractivity contribution in [3.05, 3.63) is 50.3 Å². The Labute approximate surface area is 125 Å². The van der Waals surface area contributed by atoms with Crippen molar-refractivity contribution in [1.82, 2.24) is 4.57 Å². The molecule has 1 heterocycles. The molecular weight excluding hydrogens is 290 g/mol. The van der Waals surface area contributed by atoms with Crippen LogP contribution in [0.5, 0.6) is 5.88 Å². The third-order valence-corrected chi connectivity index (χ3v) is 4.71. The molecule has 1 aliphatic rings. The van der Waals surface area contributed by atoms with Crippen molar-refractivity contribution in [1.29, 1.82) is 0 Å². The van der Waals surface area contributed by atoms with Crippen molar-refractivity contribution in [3.8, 4) is 5.88 Å². The number of hydrogen-bond donors (Lipinski definition) is 1. The standard InChI is InChI=1S/C15H11NO2S2/c1-16-14(18)13(20-15(16)19)8-11-10-5-3-2-4-9(10)6-7-12(11)17/h2-8,18H,1H3/b11-8-. The Bertz CT molecular complexity index is 825. The molecule has 3 nitrogen and oxygen atoms in total. The summed E-state index contributed by atoms with van der Waals surface area (Å²) in [5.41, 5.74) is 2.45. The number of allylic oxidation sites excluding steroid dienone is 2. The fourth-order valence-corrected chi connectivity index (χ4v) is 3.28. The van der Waals surface area contributed by atoms with Gasteiger partial charge < -0.3 is 5.11 Å². The zero-order valence-corrected chi connectivity index (χ0v) is 12.3. The molecule has 20 heavy (non-hydrogen) atoms. The van der Waals surface area contributed by atoms with Gasteiger partial charge in [0.15, 0.2) is 9.74 Å². The van der Waals surface area contributed by atoms with Gasteiger partial charge in [0.25, 0.3) is 0 Å². The average Bonchev–Trinajstić information content (AvgIpc) is 2.69. The van der Waals surface area contributed by atoms with Crippen LogP contribution in [0.25, 0.3) is 17.7 Å². The second-order valence-corrected chi connectivity index (χ2v) is 6.13. The molecule has 0 fully saturated rings. The van der Waals surface area contributed by atoms with Crippen molar-refractivity contribution in [3.63, 3.8) is 0 Å². The number of thiazole rings is 1. The molecule has 0 bridgehead atoms. The SMILES string of the molecule is Cn1c(O)c(/C=C2\C(=O)C=Cc3ccccc32)sc1=S. The summed E-state index contributed by atoms with van der Waals surface area (Å²) in [6.07, 6.45) is 5.07. The first kappa shape index (κ1) is 13.0. The first-order valence-electron chi connectivity index (χ1n) is 6.00. The predicted octanol–water partition coefficient (Wildman–Crippen LogP) is 3.66. The summed E-state index contributed by atoms with van der Waals surface area (Å²) in [5.74, 6) is 0.0254. The Morgan fingerprint density at radius 1 is 1.30 bits per heavy atom. The van der Waals surface area contributed by atoms with E-state index in [1.54, 1.807) is 19.2 Å². The second kappa shape index (κ2) is 4.85. The minimum absolute atomic E-state index is 0.0647.